The molecule has 1 aromatic heterocycles. The molecule has 0 amide bonds. The Labute approximate surface area is 189 Å². The number of piperazine rings is 1. The van der Waals surface area contributed by atoms with Gasteiger partial charge in [-0.1, -0.05) is 18.2 Å². The molecule has 2 heterocycles. The molecule has 2 aliphatic rings. The summed E-state index contributed by atoms with van der Waals surface area (Å²) in [7, 11) is 0. The average molecular weight is 509 g/mol. The highest BCUT2D eigenvalue weighted by atomic mass is 127. The van der Waals surface area contributed by atoms with Gasteiger partial charge in [-0.15, -0.1) is 24.0 Å². The number of guanidine groups is 1. The molecule has 0 bridgehead atoms. The number of benzene rings is 1. The number of nitrogens with one attached hydrogen (secondary N) is 1. The van der Waals surface area contributed by atoms with Crippen LogP contribution in [0.1, 0.15) is 25.3 Å². The van der Waals surface area contributed by atoms with Gasteiger partial charge in [0.1, 0.15) is 11.6 Å². The lowest BCUT2D eigenvalue weighted by Crippen LogP contribution is -2.53. The molecule has 1 saturated carbocycles. The summed E-state index contributed by atoms with van der Waals surface area (Å²) >= 11 is 0. The molecule has 0 radical (unpaired) electrons. The van der Waals surface area contributed by atoms with Gasteiger partial charge in [-0.05, 0) is 49.6 Å². The Bertz CT molecular complexity index is 817. The average Bonchev–Trinajstić information content (AvgIpc) is 3.53. The summed E-state index contributed by atoms with van der Waals surface area (Å²) in [6.45, 7) is 7.32. The van der Waals surface area contributed by atoms with Crippen LogP contribution in [-0.2, 0) is 5.41 Å². The highest BCUT2D eigenvalue weighted by molar-refractivity contribution is 14.0. The molecule has 29 heavy (non-hydrogen) atoms. The summed E-state index contributed by atoms with van der Waals surface area (Å²) in [6.07, 6.45) is 3.99. The summed E-state index contributed by atoms with van der Waals surface area (Å²) in [5.74, 6) is 1.84. The molecule has 0 atom stereocenters. The monoisotopic (exact) mass is 509 g/mol. The molecule has 1 aliphatic heterocycles. The van der Waals surface area contributed by atoms with Gasteiger partial charge in [0.25, 0.3) is 0 Å². The fourth-order valence-electron chi connectivity index (χ4n) is 3.85. The first-order valence-corrected chi connectivity index (χ1v) is 10.2. The number of hydrogen-bond donors (Lipinski definition) is 1. The van der Waals surface area contributed by atoms with Gasteiger partial charge in [0, 0.05) is 44.3 Å². The van der Waals surface area contributed by atoms with E-state index in [9.17, 15) is 4.39 Å². The molecule has 156 valence electrons. The number of aromatic nitrogens is 1. The molecular weight excluding hydrogens is 480 g/mol. The van der Waals surface area contributed by atoms with Crippen LogP contribution in [-0.4, -0.2) is 55.1 Å². The largest absolute Gasteiger partial charge is 0.357 e. The molecule has 0 unspecified atom stereocenters. The smallest absolute Gasteiger partial charge is 0.194 e. The van der Waals surface area contributed by atoms with Crippen molar-refractivity contribution in [1.82, 2.24) is 15.2 Å². The van der Waals surface area contributed by atoms with Crippen LogP contribution in [0.4, 0.5) is 10.2 Å². The lowest BCUT2D eigenvalue weighted by molar-refractivity contribution is 0.371. The van der Waals surface area contributed by atoms with Crippen molar-refractivity contribution in [3.8, 4) is 0 Å². The van der Waals surface area contributed by atoms with Crippen LogP contribution in [0.3, 0.4) is 0 Å². The maximum atomic E-state index is 13.6. The summed E-state index contributed by atoms with van der Waals surface area (Å²) in [4.78, 5) is 14.0. The van der Waals surface area contributed by atoms with Crippen molar-refractivity contribution in [2.24, 2.45) is 4.99 Å². The Morgan fingerprint density at radius 1 is 1.14 bits per heavy atom. The topological polar surface area (TPSA) is 43.8 Å². The minimum absolute atomic E-state index is 0. The third kappa shape index (κ3) is 5.18. The minimum atomic E-state index is -0.162. The fraction of sp³-hybridized carbons (Fsp3) is 0.455. The molecule has 5 nitrogen and oxygen atoms in total. The molecule has 0 spiro atoms. The van der Waals surface area contributed by atoms with E-state index in [1.807, 2.05) is 24.4 Å². The van der Waals surface area contributed by atoms with Crippen LogP contribution in [0, 0.1) is 5.82 Å². The number of anilines is 1. The fourth-order valence-corrected chi connectivity index (χ4v) is 3.85. The zero-order chi connectivity index (χ0) is 19.4. The number of rotatable bonds is 5. The van der Waals surface area contributed by atoms with Gasteiger partial charge in [-0.3, -0.25) is 4.99 Å². The lowest BCUT2D eigenvalue weighted by atomic mass is 9.96. The Hall–Kier alpha value is -1.90. The lowest BCUT2D eigenvalue weighted by Gasteiger charge is -2.37. The molecule has 7 heteroatoms. The Morgan fingerprint density at radius 2 is 1.93 bits per heavy atom. The second kappa shape index (κ2) is 9.73. The van der Waals surface area contributed by atoms with Crippen molar-refractivity contribution in [3.05, 3.63) is 60.0 Å². The summed E-state index contributed by atoms with van der Waals surface area (Å²) in [5.41, 5.74) is 1.09. The molecule has 1 aliphatic carbocycles. The third-order valence-electron chi connectivity index (χ3n) is 5.71. The van der Waals surface area contributed by atoms with Crippen molar-refractivity contribution in [3.63, 3.8) is 0 Å². The molecule has 1 N–H and O–H groups in total. The van der Waals surface area contributed by atoms with E-state index in [4.69, 9.17) is 4.99 Å². The van der Waals surface area contributed by atoms with Crippen molar-refractivity contribution in [2.45, 2.75) is 25.2 Å². The van der Waals surface area contributed by atoms with Gasteiger partial charge in [0.15, 0.2) is 5.96 Å². The Morgan fingerprint density at radius 3 is 2.55 bits per heavy atom. The standard InChI is InChI=1S/C22H28FN5.HI/c1-2-24-21(26-17-22(9-10-22)18-6-5-7-19(23)16-18)28-14-12-27(13-15-28)20-8-3-4-11-25-20;/h3-8,11,16H,2,9-10,12-15,17H2,1H3,(H,24,26);1H. The zero-order valence-electron chi connectivity index (χ0n) is 16.9. The van der Waals surface area contributed by atoms with Crippen LogP contribution >= 0.6 is 24.0 Å². The van der Waals surface area contributed by atoms with Crippen LogP contribution < -0.4 is 10.2 Å². The predicted molar refractivity (Wildman–Crippen MR) is 127 cm³/mol. The zero-order valence-corrected chi connectivity index (χ0v) is 19.2. The van der Waals surface area contributed by atoms with Crippen LogP contribution in [0.25, 0.3) is 0 Å². The van der Waals surface area contributed by atoms with Gasteiger partial charge in [0.2, 0.25) is 0 Å². The van der Waals surface area contributed by atoms with Crippen LogP contribution in [0.5, 0.6) is 0 Å². The van der Waals surface area contributed by atoms with Gasteiger partial charge >= 0.3 is 0 Å². The Balaban J connectivity index is 0.00000240. The number of nitrogens with zero attached hydrogens (tertiary/aromatic N) is 4. The molecule has 2 aromatic rings. The van der Waals surface area contributed by atoms with E-state index in [0.717, 1.165) is 62.9 Å². The summed E-state index contributed by atoms with van der Waals surface area (Å²) < 4.78 is 13.6. The van der Waals surface area contributed by atoms with E-state index >= 15 is 0 Å². The SMILES string of the molecule is CCNC(=NCC1(c2cccc(F)c2)CC1)N1CCN(c2ccccn2)CC1.I. The first-order chi connectivity index (χ1) is 13.7. The predicted octanol–water partition coefficient (Wildman–Crippen LogP) is 3.66. The Kier molecular flexibility index (Phi) is 7.32. The molecular formula is C22H29FIN5. The summed E-state index contributed by atoms with van der Waals surface area (Å²) in [6, 6.07) is 13.0. The maximum absolute atomic E-state index is 13.6. The van der Waals surface area contributed by atoms with Crippen molar-refractivity contribution in [2.75, 3.05) is 44.2 Å². The molecule has 4 rings (SSSR count). The van der Waals surface area contributed by atoms with E-state index in [1.165, 1.54) is 6.07 Å². The maximum Gasteiger partial charge on any atom is 0.194 e. The molecule has 2 fully saturated rings. The van der Waals surface area contributed by atoms with E-state index in [0.29, 0.717) is 6.54 Å². The summed E-state index contributed by atoms with van der Waals surface area (Å²) in [5, 5.41) is 3.44. The van der Waals surface area contributed by atoms with Gasteiger partial charge in [0.05, 0.1) is 6.54 Å². The molecule has 1 saturated heterocycles. The van der Waals surface area contributed by atoms with Crippen molar-refractivity contribution < 1.29 is 4.39 Å². The van der Waals surface area contributed by atoms with Crippen LogP contribution in [0.15, 0.2) is 53.7 Å². The van der Waals surface area contributed by atoms with E-state index in [2.05, 4.69) is 33.1 Å². The minimum Gasteiger partial charge on any atom is -0.357 e. The van der Waals surface area contributed by atoms with Gasteiger partial charge in [-0.25, -0.2) is 9.37 Å². The second-order valence-electron chi connectivity index (χ2n) is 7.62. The quantitative estimate of drug-likeness (QED) is 0.380. The number of hydrogen-bond acceptors (Lipinski definition) is 3. The van der Waals surface area contributed by atoms with Gasteiger partial charge in [-0.2, -0.15) is 0 Å². The third-order valence-corrected chi connectivity index (χ3v) is 5.71. The van der Waals surface area contributed by atoms with Crippen molar-refractivity contribution >= 4 is 35.8 Å². The first-order valence-electron chi connectivity index (χ1n) is 10.2. The first kappa shape index (κ1) is 21.8. The van der Waals surface area contributed by atoms with E-state index in [-0.39, 0.29) is 35.2 Å². The van der Waals surface area contributed by atoms with Crippen LogP contribution in [0.2, 0.25) is 0 Å². The normalized spacial score (nSPS) is 18.2. The second-order valence-corrected chi connectivity index (χ2v) is 7.62. The number of pyridine rings is 1. The van der Waals surface area contributed by atoms with E-state index in [1.54, 1.807) is 12.1 Å². The molecule has 1 aromatic carbocycles. The number of halogens is 2. The van der Waals surface area contributed by atoms with Crippen molar-refractivity contribution in [1.29, 1.82) is 0 Å². The highest BCUT2D eigenvalue weighted by Crippen LogP contribution is 2.48. The highest BCUT2D eigenvalue weighted by Gasteiger charge is 2.44. The van der Waals surface area contributed by atoms with Gasteiger partial charge < -0.3 is 15.1 Å². The number of aliphatic imine (C=N–C) groups is 1. The van der Waals surface area contributed by atoms with E-state index < -0.39 is 0 Å².